The summed E-state index contributed by atoms with van der Waals surface area (Å²) in [5.74, 6) is -1.36. The molecular weight excluding hydrogens is 283 g/mol. The van der Waals surface area contributed by atoms with Gasteiger partial charge in [-0.3, -0.25) is 14.9 Å². The second-order valence-electron chi connectivity index (χ2n) is 4.88. The van der Waals surface area contributed by atoms with E-state index in [4.69, 9.17) is 9.84 Å². The predicted octanol–water partition coefficient (Wildman–Crippen LogP) is 0.956. The van der Waals surface area contributed by atoms with E-state index < -0.39 is 28.4 Å². The Hall–Kier alpha value is -2.06. The first-order valence-electron chi connectivity index (χ1n) is 6.42. The van der Waals surface area contributed by atoms with Crippen LogP contribution >= 0.6 is 0 Å². The van der Waals surface area contributed by atoms with Crippen molar-refractivity contribution < 1.29 is 24.0 Å². The number of carbonyl (C=O) groups is 1. The predicted molar refractivity (Wildman–Crippen MR) is 70.4 cm³/mol. The summed E-state index contributed by atoms with van der Waals surface area (Å²) in [6, 6.07) is 2.76. The minimum Gasteiger partial charge on any atom is -0.394 e. The molecule has 0 spiro atoms. The highest BCUT2D eigenvalue weighted by atomic mass is 19.1. The Bertz CT molecular complexity index is 565. The number of morpholine rings is 1. The maximum absolute atomic E-state index is 13.3. The molecule has 1 saturated heterocycles. The lowest BCUT2D eigenvalue weighted by Crippen LogP contribution is -2.50. The van der Waals surface area contributed by atoms with Crippen LogP contribution in [0.5, 0.6) is 0 Å². The molecule has 0 radical (unpaired) electrons. The lowest BCUT2D eigenvalue weighted by molar-refractivity contribution is -0.385. The number of rotatable bonds is 3. The molecule has 0 bridgehead atoms. The number of hydrogen-bond acceptors (Lipinski definition) is 5. The van der Waals surface area contributed by atoms with Crippen molar-refractivity contribution in [3.8, 4) is 0 Å². The number of benzene rings is 1. The number of nitrogens with zero attached hydrogens (tertiary/aromatic N) is 2. The van der Waals surface area contributed by atoms with E-state index in [0.29, 0.717) is 0 Å². The Morgan fingerprint density at radius 2 is 2.29 bits per heavy atom. The highest BCUT2D eigenvalue weighted by molar-refractivity contribution is 5.98. The van der Waals surface area contributed by atoms with E-state index in [1.54, 1.807) is 6.92 Å². The molecule has 1 aliphatic rings. The average Bonchev–Trinajstić information content (AvgIpc) is 2.45. The van der Waals surface area contributed by atoms with Gasteiger partial charge in [0.1, 0.15) is 11.4 Å². The summed E-state index contributed by atoms with van der Waals surface area (Å²) < 4.78 is 18.7. The van der Waals surface area contributed by atoms with Crippen molar-refractivity contribution in [1.82, 2.24) is 4.90 Å². The molecule has 2 unspecified atom stereocenters. The average molecular weight is 298 g/mol. The molecule has 1 aromatic rings. The van der Waals surface area contributed by atoms with Gasteiger partial charge in [0, 0.05) is 19.2 Å². The second-order valence-corrected chi connectivity index (χ2v) is 4.88. The van der Waals surface area contributed by atoms with E-state index in [1.807, 2.05) is 0 Å². The van der Waals surface area contributed by atoms with Gasteiger partial charge in [0.2, 0.25) is 0 Å². The Morgan fingerprint density at radius 3 is 2.90 bits per heavy atom. The number of nitro benzene ring substituents is 1. The molecule has 0 aromatic heterocycles. The Kier molecular flexibility index (Phi) is 4.49. The number of hydrogen-bond donors (Lipinski definition) is 1. The van der Waals surface area contributed by atoms with Crippen molar-refractivity contribution in [2.45, 2.75) is 19.1 Å². The SMILES string of the molecule is CC1CN(C(=O)c2cc(F)ccc2[N+](=O)[O-])CC(CO)O1. The van der Waals surface area contributed by atoms with Crippen molar-refractivity contribution in [2.75, 3.05) is 19.7 Å². The molecule has 114 valence electrons. The summed E-state index contributed by atoms with van der Waals surface area (Å²) in [5.41, 5.74) is -0.744. The van der Waals surface area contributed by atoms with Gasteiger partial charge in [-0.25, -0.2) is 4.39 Å². The third kappa shape index (κ3) is 3.34. The molecule has 21 heavy (non-hydrogen) atoms. The molecule has 1 N–H and O–H groups in total. The third-order valence-corrected chi connectivity index (χ3v) is 3.20. The van der Waals surface area contributed by atoms with Crippen molar-refractivity contribution >= 4 is 11.6 Å². The van der Waals surface area contributed by atoms with Crippen molar-refractivity contribution in [3.63, 3.8) is 0 Å². The van der Waals surface area contributed by atoms with E-state index in [2.05, 4.69) is 0 Å². The highest BCUT2D eigenvalue weighted by Crippen LogP contribution is 2.23. The van der Waals surface area contributed by atoms with Gasteiger partial charge in [-0.1, -0.05) is 0 Å². The van der Waals surface area contributed by atoms with Crippen LogP contribution < -0.4 is 0 Å². The Morgan fingerprint density at radius 1 is 1.57 bits per heavy atom. The standard InChI is InChI=1S/C13H15FN2O5/c1-8-5-15(6-10(7-17)21-8)13(18)11-4-9(14)2-3-12(11)16(19)20/h2-4,8,10,17H,5-7H2,1H3. The molecule has 1 aliphatic heterocycles. The van der Waals surface area contributed by atoms with E-state index >= 15 is 0 Å². The van der Waals surface area contributed by atoms with Crippen LogP contribution in [0.4, 0.5) is 10.1 Å². The fourth-order valence-corrected chi connectivity index (χ4v) is 2.32. The second kappa shape index (κ2) is 6.15. The van der Waals surface area contributed by atoms with Gasteiger partial charge in [-0.05, 0) is 19.1 Å². The zero-order valence-electron chi connectivity index (χ0n) is 11.4. The monoisotopic (exact) mass is 298 g/mol. The number of aliphatic hydroxyl groups is 1. The van der Waals surface area contributed by atoms with Crippen molar-refractivity contribution in [2.24, 2.45) is 0 Å². The molecule has 0 aliphatic carbocycles. The maximum Gasteiger partial charge on any atom is 0.282 e. The summed E-state index contributed by atoms with van der Waals surface area (Å²) >= 11 is 0. The fourth-order valence-electron chi connectivity index (χ4n) is 2.32. The smallest absolute Gasteiger partial charge is 0.282 e. The van der Waals surface area contributed by atoms with Crippen LogP contribution in [0.3, 0.4) is 0 Å². The normalized spacial score (nSPS) is 22.1. The Labute approximate surface area is 120 Å². The molecule has 7 nitrogen and oxygen atoms in total. The molecule has 8 heteroatoms. The highest BCUT2D eigenvalue weighted by Gasteiger charge is 2.32. The van der Waals surface area contributed by atoms with Crippen LogP contribution in [0.15, 0.2) is 18.2 Å². The van der Waals surface area contributed by atoms with Gasteiger partial charge in [0.25, 0.3) is 11.6 Å². The molecule has 0 saturated carbocycles. The van der Waals surface area contributed by atoms with Crippen LogP contribution in [0, 0.1) is 15.9 Å². The van der Waals surface area contributed by atoms with Crippen LogP contribution in [0.1, 0.15) is 17.3 Å². The summed E-state index contributed by atoms with van der Waals surface area (Å²) in [5, 5.41) is 20.1. The Balaban J connectivity index is 2.31. The quantitative estimate of drug-likeness (QED) is 0.662. The topological polar surface area (TPSA) is 92.9 Å². The van der Waals surface area contributed by atoms with Gasteiger partial charge >= 0.3 is 0 Å². The van der Waals surface area contributed by atoms with E-state index in [1.165, 1.54) is 4.90 Å². The number of amides is 1. The molecule has 2 rings (SSSR count). The molecule has 1 fully saturated rings. The van der Waals surface area contributed by atoms with E-state index in [0.717, 1.165) is 18.2 Å². The third-order valence-electron chi connectivity index (χ3n) is 3.20. The zero-order chi connectivity index (χ0) is 15.6. The first kappa shape index (κ1) is 15.3. The summed E-state index contributed by atoms with van der Waals surface area (Å²) in [6.07, 6.45) is -0.863. The van der Waals surface area contributed by atoms with Gasteiger partial charge in [-0.2, -0.15) is 0 Å². The summed E-state index contributed by atoms with van der Waals surface area (Å²) in [6.45, 7) is 1.79. The van der Waals surface area contributed by atoms with E-state index in [9.17, 15) is 19.3 Å². The maximum atomic E-state index is 13.3. The molecule has 1 heterocycles. The van der Waals surface area contributed by atoms with Gasteiger partial charge in [-0.15, -0.1) is 0 Å². The summed E-state index contributed by atoms with van der Waals surface area (Å²) in [7, 11) is 0. The van der Waals surface area contributed by atoms with Gasteiger partial charge in [0.05, 0.1) is 23.7 Å². The fraction of sp³-hybridized carbons (Fsp3) is 0.462. The number of aliphatic hydroxyl groups excluding tert-OH is 1. The summed E-state index contributed by atoms with van der Waals surface area (Å²) in [4.78, 5) is 24.0. The number of nitro groups is 1. The van der Waals surface area contributed by atoms with E-state index in [-0.39, 0.29) is 31.4 Å². The van der Waals surface area contributed by atoms with Gasteiger partial charge in [0.15, 0.2) is 0 Å². The van der Waals surface area contributed by atoms with Crippen LogP contribution in [-0.4, -0.2) is 52.7 Å². The zero-order valence-corrected chi connectivity index (χ0v) is 11.4. The molecular formula is C13H15FN2O5. The minimum absolute atomic E-state index is 0.105. The first-order chi connectivity index (χ1) is 9.92. The number of ether oxygens (including phenoxy) is 1. The largest absolute Gasteiger partial charge is 0.394 e. The molecule has 1 aromatic carbocycles. The molecule has 2 atom stereocenters. The molecule has 1 amide bonds. The lowest BCUT2D eigenvalue weighted by Gasteiger charge is -2.36. The van der Waals surface area contributed by atoms with Crippen molar-refractivity contribution in [1.29, 1.82) is 0 Å². The minimum atomic E-state index is -0.722. The number of carbonyl (C=O) groups excluding carboxylic acids is 1. The first-order valence-corrected chi connectivity index (χ1v) is 6.42. The van der Waals surface area contributed by atoms with Crippen LogP contribution in [0.2, 0.25) is 0 Å². The lowest BCUT2D eigenvalue weighted by atomic mass is 10.1. The number of halogens is 1. The van der Waals surface area contributed by atoms with Crippen LogP contribution in [0.25, 0.3) is 0 Å². The van der Waals surface area contributed by atoms with Gasteiger partial charge < -0.3 is 14.7 Å². The van der Waals surface area contributed by atoms with Crippen molar-refractivity contribution in [3.05, 3.63) is 39.7 Å². The van der Waals surface area contributed by atoms with Crippen LogP contribution in [-0.2, 0) is 4.74 Å².